The van der Waals surface area contributed by atoms with Gasteiger partial charge in [-0.1, -0.05) is 11.6 Å². The van der Waals surface area contributed by atoms with E-state index in [4.69, 9.17) is 21.1 Å². The van der Waals surface area contributed by atoms with Crippen molar-refractivity contribution in [2.45, 2.75) is 0 Å². The van der Waals surface area contributed by atoms with Gasteiger partial charge in [-0.15, -0.1) is 10.2 Å². The van der Waals surface area contributed by atoms with Gasteiger partial charge in [0.2, 0.25) is 0 Å². The summed E-state index contributed by atoms with van der Waals surface area (Å²) in [5.41, 5.74) is 0.772. The van der Waals surface area contributed by atoms with Crippen LogP contribution in [0.5, 0.6) is 17.2 Å². The van der Waals surface area contributed by atoms with Crippen LogP contribution < -0.4 is 9.47 Å². The molecule has 0 bridgehead atoms. The molecule has 0 aliphatic carbocycles. The van der Waals surface area contributed by atoms with Crippen molar-refractivity contribution in [3.8, 4) is 17.2 Å². The molecular formula is C14H13ClN2O3. The van der Waals surface area contributed by atoms with E-state index in [0.717, 1.165) is 0 Å². The minimum Gasteiger partial charge on any atom is -0.506 e. The fourth-order valence-electron chi connectivity index (χ4n) is 1.56. The highest BCUT2D eigenvalue weighted by molar-refractivity contribution is 6.30. The van der Waals surface area contributed by atoms with Gasteiger partial charge >= 0.3 is 0 Å². The quantitative estimate of drug-likeness (QED) is 0.845. The Labute approximate surface area is 121 Å². The van der Waals surface area contributed by atoms with E-state index in [0.29, 0.717) is 22.2 Å². The molecule has 0 saturated carbocycles. The average molecular weight is 293 g/mol. The maximum atomic E-state index is 9.67. The fraction of sp³-hybridized carbons (Fsp3) is 0.143. The molecule has 20 heavy (non-hydrogen) atoms. The molecule has 0 fully saturated rings. The van der Waals surface area contributed by atoms with Gasteiger partial charge in [0.25, 0.3) is 0 Å². The van der Waals surface area contributed by atoms with Gasteiger partial charge < -0.3 is 14.6 Å². The van der Waals surface area contributed by atoms with E-state index in [9.17, 15) is 5.11 Å². The first-order valence-corrected chi connectivity index (χ1v) is 6.14. The maximum Gasteiger partial charge on any atom is 0.146 e. The lowest BCUT2D eigenvalue weighted by Gasteiger charge is -2.06. The van der Waals surface area contributed by atoms with Crippen molar-refractivity contribution in [3.05, 3.63) is 41.4 Å². The molecule has 0 aliphatic heterocycles. The standard InChI is InChI=1S/C14H13ClN2O3/c1-19-10-4-6-14(20-2)12(8-10)17-16-11-7-9(15)3-5-13(11)18/h3-8,18H,1-2H3. The van der Waals surface area contributed by atoms with Crippen molar-refractivity contribution >= 4 is 23.0 Å². The highest BCUT2D eigenvalue weighted by Crippen LogP contribution is 2.35. The zero-order valence-electron chi connectivity index (χ0n) is 11.0. The van der Waals surface area contributed by atoms with Crippen LogP contribution in [0.1, 0.15) is 0 Å². The summed E-state index contributed by atoms with van der Waals surface area (Å²) in [5.74, 6) is 1.19. The van der Waals surface area contributed by atoms with E-state index in [1.165, 1.54) is 19.2 Å². The molecule has 1 N–H and O–H groups in total. The largest absolute Gasteiger partial charge is 0.506 e. The van der Waals surface area contributed by atoms with Crippen LogP contribution in [0.15, 0.2) is 46.6 Å². The lowest BCUT2D eigenvalue weighted by molar-refractivity contribution is 0.404. The van der Waals surface area contributed by atoms with Gasteiger partial charge in [-0.05, 0) is 30.3 Å². The van der Waals surface area contributed by atoms with Crippen LogP contribution in [0.2, 0.25) is 5.02 Å². The van der Waals surface area contributed by atoms with Gasteiger partial charge in [-0.25, -0.2) is 0 Å². The lowest BCUT2D eigenvalue weighted by atomic mass is 10.3. The van der Waals surface area contributed by atoms with Gasteiger partial charge in [0.15, 0.2) is 0 Å². The fourth-order valence-corrected chi connectivity index (χ4v) is 1.73. The van der Waals surface area contributed by atoms with Crippen molar-refractivity contribution in [2.24, 2.45) is 10.2 Å². The summed E-state index contributed by atoms with van der Waals surface area (Å²) in [7, 11) is 3.10. The van der Waals surface area contributed by atoms with E-state index < -0.39 is 0 Å². The highest BCUT2D eigenvalue weighted by Gasteiger charge is 2.05. The first-order valence-electron chi connectivity index (χ1n) is 5.76. The number of aromatic hydroxyl groups is 1. The van der Waals surface area contributed by atoms with Crippen molar-refractivity contribution in [2.75, 3.05) is 14.2 Å². The molecule has 0 radical (unpaired) electrons. The summed E-state index contributed by atoms with van der Waals surface area (Å²) in [4.78, 5) is 0. The van der Waals surface area contributed by atoms with E-state index >= 15 is 0 Å². The molecular weight excluding hydrogens is 280 g/mol. The molecule has 0 atom stereocenters. The molecule has 2 rings (SSSR count). The number of hydrogen-bond donors (Lipinski definition) is 1. The van der Waals surface area contributed by atoms with Crippen LogP contribution in [0, 0.1) is 0 Å². The molecule has 6 heteroatoms. The molecule has 104 valence electrons. The third-order valence-corrected chi connectivity index (χ3v) is 2.82. The number of azo groups is 1. The Kier molecular flexibility index (Phi) is 4.42. The molecule has 5 nitrogen and oxygen atoms in total. The average Bonchev–Trinajstić information content (AvgIpc) is 2.47. The number of phenolic OH excluding ortho intramolecular Hbond substituents is 1. The van der Waals surface area contributed by atoms with Crippen molar-refractivity contribution < 1.29 is 14.6 Å². The highest BCUT2D eigenvalue weighted by atomic mass is 35.5. The normalized spacial score (nSPS) is 10.8. The first-order chi connectivity index (χ1) is 9.63. The van der Waals surface area contributed by atoms with E-state index in [2.05, 4.69) is 10.2 Å². The Morgan fingerprint density at radius 2 is 1.70 bits per heavy atom. The van der Waals surface area contributed by atoms with Crippen LogP contribution >= 0.6 is 11.6 Å². The zero-order valence-corrected chi connectivity index (χ0v) is 11.8. The van der Waals surface area contributed by atoms with Crippen LogP contribution in [-0.4, -0.2) is 19.3 Å². The number of hydrogen-bond acceptors (Lipinski definition) is 5. The van der Waals surface area contributed by atoms with E-state index in [1.54, 1.807) is 31.4 Å². The summed E-state index contributed by atoms with van der Waals surface area (Å²) in [5, 5.41) is 18.2. The van der Waals surface area contributed by atoms with Gasteiger partial charge in [-0.3, -0.25) is 0 Å². The Balaban J connectivity index is 2.37. The number of methoxy groups -OCH3 is 2. The van der Waals surface area contributed by atoms with Gasteiger partial charge in [-0.2, -0.15) is 0 Å². The van der Waals surface area contributed by atoms with Crippen LogP contribution in [0.4, 0.5) is 11.4 Å². The second kappa shape index (κ2) is 6.25. The monoisotopic (exact) mass is 292 g/mol. The maximum absolute atomic E-state index is 9.67. The number of phenols is 1. The van der Waals surface area contributed by atoms with Crippen molar-refractivity contribution in [3.63, 3.8) is 0 Å². The minimum absolute atomic E-state index is 0.0000120. The number of benzene rings is 2. The van der Waals surface area contributed by atoms with Crippen molar-refractivity contribution in [1.29, 1.82) is 0 Å². The van der Waals surface area contributed by atoms with E-state index in [-0.39, 0.29) is 11.4 Å². The number of rotatable bonds is 4. The summed E-state index contributed by atoms with van der Waals surface area (Å²) in [6.45, 7) is 0. The van der Waals surface area contributed by atoms with Crippen molar-refractivity contribution in [1.82, 2.24) is 0 Å². The molecule has 2 aromatic carbocycles. The molecule has 0 amide bonds. The van der Waals surface area contributed by atoms with E-state index in [1.807, 2.05) is 0 Å². The summed E-state index contributed by atoms with van der Waals surface area (Å²) < 4.78 is 10.3. The summed E-state index contributed by atoms with van der Waals surface area (Å²) >= 11 is 5.85. The Morgan fingerprint density at radius 3 is 2.40 bits per heavy atom. The van der Waals surface area contributed by atoms with Crippen LogP contribution in [0.25, 0.3) is 0 Å². The minimum atomic E-state index is 0.0000120. The predicted molar refractivity (Wildman–Crippen MR) is 76.8 cm³/mol. The molecule has 0 spiro atoms. The number of ether oxygens (including phenoxy) is 2. The SMILES string of the molecule is COc1ccc(OC)c(N=Nc2cc(Cl)ccc2O)c1. The topological polar surface area (TPSA) is 63.4 Å². The van der Waals surface area contributed by atoms with Gasteiger partial charge in [0.1, 0.15) is 28.6 Å². The molecule has 0 aliphatic rings. The first kappa shape index (κ1) is 14.1. The summed E-state index contributed by atoms with van der Waals surface area (Å²) in [6.07, 6.45) is 0. The number of nitrogens with zero attached hydrogens (tertiary/aromatic N) is 2. The third-order valence-electron chi connectivity index (χ3n) is 2.59. The Hall–Kier alpha value is -2.27. The second-order valence-corrected chi connectivity index (χ2v) is 4.31. The van der Waals surface area contributed by atoms with Gasteiger partial charge in [0.05, 0.1) is 14.2 Å². The summed E-state index contributed by atoms with van der Waals surface area (Å²) in [6, 6.07) is 9.72. The van der Waals surface area contributed by atoms with Crippen LogP contribution in [-0.2, 0) is 0 Å². The molecule has 0 unspecified atom stereocenters. The Bertz CT molecular complexity index is 644. The number of halogens is 1. The third kappa shape index (κ3) is 3.19. The smallest absolute Gasteiger partial charge is 0.146 e. The molecule has 0 saturated heterocycles. The predicted octanol–water partition coefficient (Wildman–Crippen LogP) is 4.48. The molecule has 0 heterocycles. The van der Waals surface area contributed by atoms with Crippen LogP contribution in [0.3, 0.4) is 0 Å². The molecule has 0 aromatic heterocycles. The zero-order chi connectivity index (χ0) is 14.5. The molecule has 2 aromatic rings. The lowest BCUT2D eigenvalue weighted by Crippen LogP contribution is -1.86. The Morgan fingerprint density at radius 1 is 0.950 bits per heavy atom. The second-order valence-electron chi connectivity index (χ2n) is 3.87. The van der Waals surface area contributed by atoms with Gasteiger partial charge in [0, 0.05) is 11.1 Å².